The predicted octanol–water partition coefficient (Wildman–Crippen LogP) is 3.93. The van der Waals surface area contributed by atoms with Gasteiger partial charge in [-0.3, -0.25) is 9.78 Å². The molecule has 0 aliphatic heterocycles. The summed E-state index contributed by atoms with van der Waals surface area (Å²) >= 11 is 0. The molecule has 138 valence electrons. The number of nitrogens with zero attached hydrogens (tertiary/aromatic N) is 1. The van der Waals surface area contributed by atoms with E-state index in [1.165, 1.54) is 0 Å². The van der Waals surface area contributed by atoms with Crippen molar-refractivity contribution in [2.24, 2.45) is 5.92 Å². The highest BCUT2D eigenvalue weighted by Gasteiger charge is 2.43. The van der Waals surface area contributed by atoms with Crippen LogP contribution < -0.4 is 16.8 Å². The summed E-state index contributed by atoms with van der Waals surface area (Å²) in [4.78, 5) is 16.2. The van der Waals surface area contributed by atoms with Gasteiger partial charge in [-0.25, -0.2) is 4.39 Å². The lowest BCUT2D eigenvalue weighted by Crippen LogP contribution is -2.14. The summed E-state index contributed by atoms with van der Waals surface area (Å²) in [7, 11) is 0. The lowest BCUT2D eigenvalue weighted by atomic mass is 9.95. The molecule has 1 heterocycles. The monoisotopic (exact) mass is 364 g/mol. The van der Waals surface area contributed by atoms with Crippen LogP contribution in [0.1, 0.15) is 18.9 Å². The average Bonchev–Trinajstić information content (AvgIpc) is 3.38. The number of nitrogen functional groups attached to an aromatic ring is 2. The Morgan fingerprint density at radius 1 is 1.22 bits per heavy atom. The highest BCUT2D eigenvalue weighted by Crippen LogP contribution is 2.36. The Bertz CT molecular complexity index is 1050. The van der Waals surface area contributed by atoms with Crippen molar-refractivity contribution in [3.8, 4) is 11.1 Å². The van der Waals surface area contributed by atoms with Gasteiger partial charge in [0.15, 0.2) is 0 Å². The van der Waals surface area contributed by atoms with Gasteiger partial charge in [-0.2, -0.15) is 0 Å². The molecular formula is C21H21FN4O. The van der Waals surface area contributed by atoms with Crippen molar-refractivity contribution in [2.45, 2.75) is 25.9 Å². The van der Waals surface area contributed by atoms with E-state index in [2.05, 4.69) is 10.3 Å². The smallest absolute Gasteiger partial charge is 0.230 e. The highest BCUT2D eigenvalue weighted by molar-refractivity contribution is 6.01. The molecule has 2 aromatic carbocycles. The number of fused-ring (bicyclic) bond motifs is 1. The molecule has 1 fully saturated rings. The molecule has 3 aromatic rings. The van der Waals surface area contributed by atoms with E-state index in [9.17, 15) is 9.18 Å². The van der Waals surface area contributed by atoms with Crippen molar-refractivity contribution in [3.63, 3.8) is 0 Å². The largest absolute Gasteiger partial charge is 0.398 e. The number of carbonyl (C=O) groups excluding carboxylic acids is 1. The molecule has 2 atom stereocenters. The van der Waals surface area contributed by atoms with E-state index in [4.69, 9.17) is 11.5 Å². The van der Waals surface area contributed by atoms with Crippen LogP contribution in [0.15, 0.2) is 42.7 Å². The zero-order valence-corrected chi connectivity index (χ0v) is 15.0. The van der Waals surface area contributed by atoms with E-state index in [1.807, 2.05) is 31.2 Å². The van der Waals surface area contributed by atoms with Gasteiger partial charge in [-0.15, -0.1) is 0 Å². The van der Waals surface area contributed by atoms with E-state index in [0.717, 1.165) is 33.9 Å². The molecular weight excluding hydrogens is 343 g/mol. The summed E-state index contributed by atoms with van der Waals surface area (Å²) in [5.41, 5.74) is 17.1. The van der Waals surface area contributed by atoms with Crippen LogP contribution in [0.2, 0.25) is 0 Å². The molecule has 5 nitrogen and oxygen atoms in total. The van der Waals surface area contributed by atoms with Crippen LogP contribution >= 0.6 is 0 Å². The third-order valence-electron chi connectivity index (χ3n) is 5.06. The van der Waals surface area contributed by atoms with Crippen LogP contribution in [0.5, 0.6) is 0 Å². The number of nitrogens with one attached hydrogen (secondary N) is 1. The van der Waals surface area contributed by atoms with Gasteiger partial charge < -0.3 is 16.8 Å². The van der Waals surface area contributed by atoms with Gasteiger partial charge >= 0.3 is 0 Å². The normalized spacial score (nSPS) is 18.4. The number of hydrogen-bond donors (Lipinski definition) is 3. The number of rotatable bonds is 4. The SMILES string of the molecule is CCc1c(N)cncc1-c1cc(N)c2ccc(NC(=O)[C@@H]3C[C@@H]3F)cc2c1. The van der Waals surface area contributed by atoms with Gasteiger partial charge in [-0.1, -0.05) is 13.0 Å². The number of benzene rings is 2. The van der Waals surface area contributed by atoms with Gasteiger partial charge in [0.25, 0.3) is 0 Å². The molecule has 0 radical (unpaired) electrons. The second-order valence-electron chi connectivity index (χ2n) is 6.96. The fraction of sp³-hybridized carbons (Fsp3) is 0.238. The summed E-state index contributed by atoms with van der Waals surface area (Å²) in [6, 6.07) is 9.42. The molecule has 1 aliphatic carbocycles. The third-order valence-corrected chi connectivity index (χ3v) is 5.06. The Morgan fingerprint density at radius 3 is 2.70 bits per heavy atom. The zero-order valence-electron chi connectivity index (χ0n) is 15.0. The van der Waals surface area contributed by atoms with Gasteiger partial charge in [0.05, 0.1) is 17.8 Å². The number of aromatic nitrogens is 1. The van der Waals surface area contributed by atoms with E-state index >= 15 is 0 Å². The van der Waals surface area contributed by atoms with Crippen LogP contribution in [0.4, 0.5) is 21.5 Å². The number of carbonyl (C=O) groups is 1. The second kappa shape index (κ2) is 6.54. The Morgan fingerprint density at radius 2 is 2.00 bits per heavy atom. The molecule has 27 heavy (non-hydrogen) atoms. The maximum atomic E-state index is 13.1. The summed E-state index contributed by atoms with van der Waals surface area (Å²) in [6.07, 6.45) is 3.50. The van der Waals surface area contributed by atoms with Crippen molar-refractivity contribution in [1.29, 1.82) is 0 Å². The minimum absolute atomic E-state index is 0.278. The summed E-state index contributed by atoms with van der Waals surface area (Å²) in [5.74, 6) is -0.804. The first-order valence-electron chi connectivity index (χ1n) is 8.99. The highest BCUT2D eigenvalue weighted by atomic mass is 19.1. The molecule has 0 spiro atoms. The molecule has 6 heteroatoms. The quantitative estimate of drug-likeness (QED) is 0.612. The summed E-state index contributed by atoms with van der Waals surface area (Å²) in [5, 5.41) is 4.56. The first-order chi connectivity index (χ1) is 13.0. The fourth-order valence-corrected chi connectivity index (χ4v) is 3.45. The Hall–Kier alpha value is -3.15. The second-order valence-corrected chi connectivity index (χ2v) is 6.96. The molecule has 4 rings (SSSR count). The molecule has 0 bridgehead atoms. The number of pyridine rings is 1. The Balaban J connectivity index is 1.75. The minimum atomic E-state index is -1.02. The molecule has 5 N–H and O–H groups in total. The standard InChI is InChI=1S/C21H21FN4O/c1-2-14-17(9-25-10-20(14)24)12-5-11-6-13(3-4-15(11)19(23)7-12)26-21(27)16-8-18(16)22/h3-7,9-10,16,18H,2,8,23-24H2,1H3,(H,26,27)/t16-,18+/m1/s1. The van der Waals surface area contributed by atoms with E-state index in [-0.39, 0.29) is 5.91 Å². The zero-order chi connectivity index (χ0) is 19.1. The number of halogens is 1. The number of nitrogens with two attached hydrogens (primary N) is 2. The van der Waals surface area contributed by atoms with Crippen molar-refractivity contribution in [2.75, 3.05) is 16.8 Å². The molecule has 1 amide bonds. The lowest BCUT2D eigenvalue weighted by molar-refractivity contribution is -0.117. The van der Waals surface area contributed by atoms with Gasteiger partial charge in [0.1, 0.15) is 6.17 Å². The topological polar surface area (TPSA) is 94.0 Å². The van der Waals surface area contributed by atoms with Crippen molar-refractivity contribution in [1.82, 2.24) is 4.98 Å². The van der Waals surface area contributed by atoms with Crippen LogP contribution in [-0.2, 0) is 11.2 Å². The maximum Gasteiger partial charge on any atom is 0.230 e. The first-order valence-corrected chi connectivity index (χ1v) is 8.99. The number of amides is 1. The third kappa shape index (κ3) is 3.18. The summed E-state index contributed by atoms with van der Waals surface area (Å²) in [6.45, 7) is 2.04. The average molecular weight is 364 g/mol. The Kier molecular flexibility index (Phi) is 4.18. The number of hydrogen-bond acceptors (Lipinski definition) is 4. The predicted molar refractivity (Wildman–Crippen MR) is 107 cm³/mol. The van der Waals surface area contributed by atoms with Crippen LogP contribution in [0.3, 0.4) is 0 Å². The van der Waals surface area contributed by atoms with Gasteiger partial charge in [0.2, 0.25) is 5.91 Å². The molecule has 0 unspecified atom stereocenters. The molecule has 0 saturated heterocycles. The number of alkyl halides is 1. The van der Waals surface area contributed by atoms with Crippen molar-refractivity contribution in [3.05, 3.63) is 48.3 Å². The van der Waals surface area contributed by atoms with Crippen LogP contribution in [0.25, 0.3) is 21.9 Å². The van der Waals surface area contributed by atoms with E-state index < -0.39 is 12.1 Å². The molecule has 1 aromatic heterocycles. The number of anilines is 3. The first kappa shape index (κ1) is 17.3. The van der Waals surface area contributed by atoms with Gasteiger partial charge in [-0.05, 0) is 53.6 Å². The van der Waals surface area contributed by atoms with Gasteiger partial charge in [0, 0.05) is 28.5 Å². The molecule has 1 aliphatic rings. The van der Waals surface area contributed by atoms with Crippen LogP contribution in [-0.4, -0.2) is 17.1 Å². The van der Waals surface area contributed by atoms with Crippen molar-refractivity contribution < 1.29 is 9.18 Å². The summed E-state index contributed by atoms with van der Waals surface area (Å²) < 4.78 is 13.1. The lowest BCUT2D eigenvalue weighted by Gasteiger charge is -2.13. The van der Waals surface area contributed by atoms with E-state index in [1.54, 1.807) is 18.5 Å². The minimum Gasteiger partial charge on any atom is -0.398 e. The Labute approximate surface area is 156 Å². The van der Waals surface area contributed by atoms with Crippen LogP contribution in [0, 0.1) is 5.92 Å². The molecule has 1 saturated carbocycles. The fourth-order valence-electron chi connectivity index (χ4n) is 3.45. The maximum absolute atomic E-state index is 13.1. The van der Waals surface area contributed by atoms with E-state index in [0.29, 0.717) is 23.5 Å². The van der Waals surface area contributed by atoms with Crippen molar-refractivity contribution >= 4 is 33.7 Å².